The lowest BCUT2D eigenvalue weighted by Gasteiger charge is -2.25. The number of amides is 8. The molecule has 0 fully saturated rings. The van der Waals surface area contributed by atoms with Gasteiger partial charge in [0.25, 0.3) is 0 Å². The van der Waals surface area contributed by atoms with Crippen LogP contribution in [0.25, 0.3) is 0 Å². The van der Waals surface area contributed by atoms with Crippen molar-refractivity contribution in [3.63, 3.8) is 0 Å². The zero-order valence-corrected chi connectivity index (χ0v) is 32.9. The van der Waals surface area contributed by atoms with E-state index in [9.17, 15) is 53.1 Å². The van der Waals surface area contributed by atoms with Gasteiger partial charge in [-0.2, -0.15) is 0 Å². The standard InChI is InChI=1S/C32H57N15O12/c1-14(41-25(53)15(2)43-27(55)18(8-9-23(50)51)46-29(57)20(12-21(34)48)44-22(49)13-33)24(52)42-16(3)26(54)45-17(6-4-10-39-31(35)36)28(56)47-19(30(58)59)7-5-11-40-32(37)38/h14-20H,4-13,33H2,1-3H3,(H2,34,48)(H,41,53)(H,42,52)(H,43,55)(H,44,49)(H,45,54)(H,46,57)(H,47,56)(H,50,51)(H,58,59)(H4,35,36,39)(H4,37,38,40). The molecule has 0 saturated carbocycles. The van der Waals surface area contributed by atoms with Crippen LogP contribution in [0.4, 0.5) is 0 Å². The minimum absolute atomic E-state index is 0.0505. The number of carboxylic acids is 2. The maximum Gasteiger partial charge on any atom is 0.326 e. The average Bonchev–Trinajstić information content (AvgIpc) is 3.14. The smallest absolute Gasteiger partial charge is 0.326 e. The Morgan fingerprint density at radius 1 is 0.508 bits per heavy atom. The van der Waals surface area contributed by atoms with Gasteiger partial charge >= 0.3 is 11.9 Å². The number of hydrogen-bond donors (Lipinski definition) is 15. The van der Waals surface area contributed by atoms with E-state index in [2.05, 4.69) is 47.2 Å². The number of carbonyl (C=O) groups is 10. The van der Waals surface area contributed by atoms with Gasteiger partial charge < -0.3 is 81.8 Å². The summed E-state index contributed by atoms with van der Waals surface area (Å²) in [5, 5.41) is 34.9. The lowest BCUT2D eigenvalue weighted by Crippen LogP contribution is -2.59. The van der Waals surface area contributed by atoms with Crippen molar-refractivity contribution < 1.29 is 58.2 Å². The molecule has 7 atom stereocenters. The summed E-state index contributed by atoms with van der Waals surface area (Å²) in [5.41, 5.74) is 31.6. The van der Waals surface area contributed by atoms with Crippen LogP contribution in [-0.4, -0.2) is 143 Å². The van der Waals surface area contributed by atoms with Crippen LogP contribution in [0.5, 0.6) is 0 Å². The topological polar surface area (TPSA) is 476 Å². The summed E-state index contributed by atoms with van der Waals surface area (Å²) in [6.07, 6.45) is -1.51. The Bertz CT molecular complexity index is 1580. The van der Waals surface area contributed by atoms with Gasteiger partial charge in [0.05, 0.1) is 13.0 Å². The van der Waals surface area contributed by atoms with Crippen LogP contribution < -0.4 is 71.6 Å². The van der Waals surface area contributed by atoms with E-state index in [1.54, 1.807) is 0 Å². The Morgan fingerprint density at radius 2 is 0.881 bits per heavy atom. The molecular weight excluding hydrogens is 786 g/mol. The first-order valence-electron chi connectivity index (χ1n) is 18.1. The molecule has 0 aliphatic rings. The molecule has 0 bridgehead atoms. The van der Waals surface area contributed by atoms with Crippen LogP contribution in [0.3, 0.4) is 0 Å². The average molecular weight is 844 g/mol. The Kier molecular flexibility index (Phi) is 23.8. The van der Waals surface area contributed by atoms with Gasteiger partial charge in [0.2, 0.25) is 47.3 Å². The molecule has 332 valence electrons. The molecule has 0 saturated heterocycles. The molecule has 59 heavy (non-hydrogen) atoms. The van der Waals surface area contributed by atoms with Gasteiger partial charge in [-0.25, -0.2) is 4.79 Å². The van der Waals surface area contributed by atoms with Crippen molar-refractivity contribution in [1.29, 1.82) is 0 Å². The maximum absolute atomic E-state index is 13.2. The molecule has 0 heterocycles. The molecular formula is C32H57N15O12. The normalized spacial score (nSPS) is 14.1. The van der Waals surface area contributed by atoms with E-state index in [-0.39, 0.29) is 50.7 Å². The number of rotatable bonds is 28. The predicted molar refractivity (Wildman–Crippen MR) is 208 cm³/mol. The highest BCUT2D eigenvalue weighted by molar-refractivity contribution is 5.98. The van der Waals surface area contributed by atoms with Crippen LogP contribution in [0.2, 0.25) is 0 Å². The fraction of sp³-hybridized carbons (Fsp3) is 0.625. The number of carboxylic acid groups (broad SMARTS) is 2. The minimum Gasteiger partial charge on any atom is -0.481 e. The second-order valence-electron chi connectivity index (χ2n) is 13.0. The highest BCUT2D eigenvalue weighted by Gasteiger charge is 2.32. The van der Waals surface area contributed by atoms with Crippen LogP contribution in [-0.2, 0) is 47.9 Å². The zero-order valence-electron chi connectivity index (χ0n) is 32.9. The second-order valence-corrected chi connectivity index (χ2v) is 13.0. The number of hydrogen-bond acceptors (Lipinski definition) is 13. The van der Waals surface area contributed by atoms with Gasteiger partial charge in [-0.3, -0.25) is 53.1 Å². The van der Waals surface area contributed by atoms with E-state index < -0.39 is 127 Å². The van der Waals surface area contributed by atoms with Crippen molar-refractivity contribution >= 4 is 71.1 Å². The van der Waals surface area contributed by atoms with Gasteiger partial charge in [-0.15, -0.1) is 0 Å². The van der Waals surface area contributed by atoms with Crippen LogP contribution in [0.15, 0.2) is 9.98 Å². The molecule has 0 aromatic carbocycles. The van der Waals surface area contributed by atoms with Crippen molar-refractivity contribution in [3.8, 4) is 0 Å². The number of guanidine groups is 2. The van der Waals surface area contributed by atoms with Crippen LogP contribution in [0.1, 0.15) is 65.7 Å². The Balaban J connectivity index is 5.65. The summed E-state index contributed by atoms with van der Waals surface area (Å²) in [6, 6.07) is -9.84. The predicted octanol–water partition coefficient (Wildman–Crippen LogP) is -7.67. The third kappa shape index (κ3) is 22.5. The monoisotopic (exact) mass is 843 g/mol. The summed E-state index contributed by atoms with van der Waals surface area (Å²) in [7, 11) is 0. The van der Waals surface area contributed by atoms with Crippen molar-refractivity contribution in [2.75, 3.05) is 19.6 Å². The number of primary amides is 1. The van der Waals surface area contributed by atoms with Gasteiger partial charge in [-0.1, -0.05) is 0 Å². The number of nitrogens with one attached hydrogen (secondary N) is 7. The van der Waals surface area contributed by atoms with E-state index in [1.165, 1.54) is 20.8 Å². The quantitative estimate of drug-likeness (QED) is 0.0198. The molecule has 27 heteroatoms. The molecule has 0 aliphatic heterocycles. The highest BCUT2D eigenvalue weighted by atomic mass is 16.4. The zero-order chi connectivity index (χ0) is 45.4. The fourth-order valence-corrected chi connectivity index (χ4v) is 4.76. The highest BCUT2D eigenvalue weighted by Crippen LogP contribution is 2.05. The Morgan fingerprint density at radius 3 is 1.31 bits per heavy atom. The Hall–Kier alpha value is -6.80. The molecule has 27 nitrogen and oxygen atoms in total. The third-order valence-electron chi connectivity index (χ3n) is 7.92. The summed E-state index contributed by atoms with van der Waals surface area (Å²) in [5.74, 6) is -10.6. The summed E-state index contributed by atoms with van der Waals surface area (Å²) in [6.45, 7) is 3.33. The second kappa shape index (κ2) is 26.9. The lowest BCUT2D eigenvalue weighted by molar-refractivity contribution is -0.142. The number of aliphatic carboxylic acids is 2. The minimum atomic E-state index is -1.58. The first-order valence-corrected chi connectivity index (χ1v) is 18.1. The number of carbonyl (C=O) groups excluding carboxylic acids is 8. The van der Waals surface area contributed by atoms with E-state index >= 15 is 0 Å². The summed E-state index contributed by atoms with van der Waals surface area (Å²) < 4.78 is 0. The molecule has 8 amide bonds. The lowest BCUT2D eigenvalue weighted by atomic mass is 10.1. The third-order valence-corrected chi connectivity index (χ3v) is 7.92. The first-order chi connectivity index (χ1) is 27.5. The first kappa shape index (κ1) is 52.2. The summed E-state index contributed by atoms with van der Waals surface area (Å²) in [4.78, 5) is 132. The SMILES string of the molecule is CC(NC(=O)C(C)NC(=O)C(CCC(=O)O)NC(=O)C(CC(N)=O)NC(=O)CN)C(=O)NC(C)C(=O)NC(CCCN=C(N)N)C(=O)NC(CCCN=C(N)N)C(=O)O. The molecule has 0 spiro atoms. The molecule has 0 aliphatic carbocycles. The van der Waals surface area contributed by atoms with E-state index in [0.29, 0.717) is 0 Å². The molecule has 0 aromatic rings. The van der Waals surface area contributed by atoms with Crippen molar-refractivity contribution in [2.45, 2.75) is 108 Å². The molecule has 0 aromatic heterocycles. The van der Waals surface area contributed by atoms with Gasteiger partial charge in [0.15, 0.2) is 11.9 Å². The molecule has 0 rings (SSSR count). The number of nitrogens with zero attached hydrogens (tertiary/aromatic N) is 2. The van der Waals surface area contributed by atoms with E-state index in [0.717, 1.165) is 0 Å². The van der Waals surface area contributed by atoms with Crippen molar-refractivity contribution in [2.24, 2.45) is 44.4 Å². The molecule has 21 N–H and O–H groups in total. The van der Waals surface area contributed by atoms with Crippen LogP contribution in [0, 0.1) is 0 Å². The maximum atomic E-state index is 13.2. The van der Waals surface area contributed by atoms with Gasteiger partial charge in [0.1, 0.15) is 42.3 Å². The number of nitrogens with two attached hydrogens (primary N) is 6. The van der Waals surface area contributed by atoms with Crippen LogP contribution >= 0.6 is 0 Å². The molecule has 0 radical (unpaired) electrons. The Labute approximate surface area is 338 Å². The van der Waals surface area contributed by atoms with Gasteiger partial charge in [-0.05, 0) is 52.9 Å². The van der Waals surface area contributed by atoms with Gasteiger partial charge in [0, 0.05) is 19.5 Å². The van der Waals surface area contributed by atoms with Crippen molar-refractivity contribution in [3.05, 3.63) is 0 Å². The summed E-state index contributed by atoms with van der Waals surface area (Å²) >= 11 is 0. The number of aliphatic imine (C=N–C) groups is 2. The largest absolute Gasteiger partial charge is 0.481 e. The van der Waals surface area contributed by atoms with E-state index in [4.69, 9.17) is 39.5 Å². The fourth-order valence-electron chi connectivity index (χ4n) is 4.76. The molecule has 7 unspecified atom stereocenters. The van der Waals surface area contributed by atoms with Crippen molar-refractivity contribution in [1.82, 2.24) is 37.2 Å². The van der Waals surface area contributed by atoms with E-state index in [1.807, 2.05) is 0 Å².